The Labute approximate surface area is 127 Å². The lowest BCUT2D eigenvalue weighted by atomic mass is 10.1. The number of aryl methyl sites for hydroxylation is 1. The van der Waals surface area contributed by atoms with Crippen LogP contribution in [0.4, 0.5) is 13.2 Å². The van der Waals surface area contributed by atoms with Gasteiger partial charge < -0.3 is 4.57 Å². The summed E-state index contributed by atoms with van der Waals surface area (Å²) < 4.78 is 73.1. The number of nitrogens with zero attached hydrogens (tertiary/aromatic N) is 1. The number of aromatic nitrogens is 1. The molecule has 0 aliphatic heterocycles. The maximum absolute atomic E-state index is 13.3. The molecule has 22 heavy (non-hydrogen) atoms. The van der Waals surface area contributed by atoms with E-state index in [1.165, 1.54) is 17.7 Å². The van der Waals surface area contributed by atoms with Gasteiger partial charge in [0.2, 0.25) is 0 Å². The van der Waals surface area contributed by atoms with Gasteiger partial charge in [0.15, 0.2) is 5.03 Å². The molecule has 0 atom stereocenters. The van der Waals surface area contributed by atoms with Crippen molar-refractivity contribution in [3.05, 3.63) is 23.8 Å². The molecule has 9 heteroatoms. The monoisotopic (exact) mass is 351 g/mol. The minimum absolute atomic E-state index is 0.142. The molecule has 0 fully saturated rings. The second-order valence-electron chi connectivity index (χ2n) is 6.19. The van der Waals surface area contributed by atoms with E-state index in [0.717, 1.165) is 12.1 Å². The number of rotatable bonds is 2. The van der Waals surface area contributed by atoms with Crippen LogP contribution in [-0.4, -0.2) is 25.6 Å². The van der Waals surface area contributed by atoms with Crippen LogP contribution in [0.1, 0.15) is 5.56 Å². The summed E-state index contributed by atoms with van der Waals surface area (Å²) in [6.45, 7) is 5.28. The van der Waals surface area contributed by atoms with Gasteiger partial charge in [0.05, 0.1) is 13.6 Å². The van der Waals surface area contributed by atoms with Crippen LogP contribution in [0, 0.1) is 0 Å². The standard InChI is InChI=1S/C13H16F3NO3SSi/c1-17-10-6-5-9(13(14,15)16)12(22(2,3)4)8(10)7-11(17)21(18,19)20/h5-7H,1-4H3,(H,18,19,20). The third-order valence-electron chi connectivity index (χ3n) is 3.50. The molecular weight excluding hydrogens is 335 g/mol. The summed E-state index contributed by atoms with van der Waals surface area (Å²) in [4.78, 5) is 0. The summed E-state index contributed by atoms with van der Waals surface area (Å²) >= 11 is 0. The first-order valence-corrected chi connectivity index (χ1v) is 11.4. The molecule has 0 saturated carbocycles. The van der Waals surface area contributed by atoms with Crippen molar-refractivity contribution in [3.63, 3.8) is 0 Å². The highest BCUT2D eigenvalue weighted by atomic mass is 32.2. The maximum Gasteiger partial charge on any atom is 0.416 e. The van der Waals surface area contributed by atoms with Crippen molar-refractivity contribution in [1.29, 1.82) is 0 Å². The molecule has 0 spiro atoms. The SMILES string of the molecule is Cn1c(S(=O)(=O)O)cc2c([Si](C)(C)C)c(C(F)(F)F)ccc21. The highest BCUT2D eigenvalue weighted by Gasteiger charge is 2.38. The van der Waals surface area contributed by atoms with Crippen LogP contribution < -0.4 is 5.19 Å². The maximum atomic E-state index is 13.3. The van der Waals surface area contributed by atoms with Crippen molar-refractivity contribution in [2.24, 2.45) is 7.05 Å². The molecule has 0 amide bonds. The highest BCUT2D eigenvalue weighted by molar-refractivity contribution is 7.85. The molecular formula is C13H16F3NO3SSi. The zero-order chi connectivity index (χ0) is 17.1. The predicted octanol–water partition coefficient (Wildman–Crippen LogP) is 2.99. The van der Waals surface area contributed by atoms with Crippen LogP contribution in [0.2, 0.25) is 19.6 Å². The van der Waals surface area contributed by atoms with E-state index < -0.39 is 35.0 Å². The Kier molecular flexibility index (Phi) is 3.74. The molecule has 1 heterocycles. The fraction of sp³-hybridized carbons (Fsp3) is 0.385. The van der Waals surface area contributed by atoms with Crippen LogP contribution in [0.5, 0.6) is 0 Å². The van der Waals surface area contributed by atoms with Crippen molar-refractivity contribution in [2.75, 3.05) is 0 Å². The van der Waals surface area contributed by atoms with E-state index in [0.29, 0.717) is 5.52 Å². The van der Waals surface area contributed by atoms with Gasteiger partial charge in [-0.2, -0.15) is 21.6 Å². The van der Waals surface area contributed by atoms with Gasteiger partial charge in [0.25, 0.3) is 0 Å². The Bertz CT molecular complexity index is 848. The zero-order valence-corrected chi connectivity index (χ0v) is 14.3. The average molecular weight is 351 g/mol. The van der Waals surface area contributed by atoms with Crippen LogP contribution in [-0.2, 0) is 23.3 Å². The molecule has 0 aliphatic carbocycles. The van der Waals surface area contributed by atoms with Crippen molar-refractivity contribution in [2.45, 2.75) is 30.8 Å². The van der Waals surface area contributed by atoms with E-state index in [4.69, 9.17) is 0 Å². The summed E-state index contributed by atoms with van der Waals surface area (Å²) in [6.07, 6.45) is -4.52. The first-order valence-electron chi connectivity index (χ1n) is 6.42. The molecule has 2 aromatic rings. The van der Waals surface area contributed by atoms with E-state index >= 15 is 0 Å². The molecule has 0 bridgehead atoms. The van der Waals surface area contributed by atoms with E-state index in [1.807, 2.05) is 0 Å². The van der Waals surface area contributed by atoms with Gasteiger partial charge in [0.1, 0.15) is 0 Å². The predicted molar refractivity (Wildman–Crippen MR) is 80.7 cm³/mol. The molecule has 0 radical (unpaired) electrons. The third kappa shape index (κ3) is 2.80. The number of alkyl halides is 3. The molecule has 122 valence electrons. The van der Waals surface area contributed by atoms with Gasteiger partial charge >= 0.3 is 16.3 Å². The lowest BCUT2D eigenvalue weighted by molar-refractivity contribution is -0.136. The normalized spacial score (nSPS) is 13.8. The van der Waals surface area contributed by atoms with Crippen LogP contribution in [0.3, 0.4) is 0 Å². The Morgan fingerprint density at radius 3 is 2.14 bits per heavy atom. The summed E-state index contributed by atoms with van der Waals surface area (Å²) in [5.74, 6) is 0. The summed E-state index contributed by atoms with van der Waals surface area (Å²) in [5.41, 5.74) is -0.398. The quantitative estimate of drug-likeness (QED) is 0.668. The Morgan fingerprint density at radius 1 is 1.18 bits per heavy atom. The fourth-order valence-corrected chi connectivity index (χ4v) is 5.43. The Morgan fingerprint density at radius 2 is 1.73 bits per heavy atom. The number of hydrogen-bond acceptors (Lipinski definition) is 2. The molecule has 2 rings (SSSR count). The van der Waals surface area contributed by atoms with Crippen LogP contribution >= 0.6 is 0 Å². The topological polar surface area (TPSA) is 59.3 Å². The average Bonchev–Trinajstić information content (AvgIpc) is 2.63. The number of fused-ring (bicyclic) bond motifs is 1. The van der Waals surface area contributed by atoms with Gasteiger partial charge in [-0.25, -0.2) is 0 Å². The fourth-order valence-electron chi connectivity index (χ4n) is 2.68. The largest absolute Gasteiger partial charge is 0.416 e. The van der Waals surface area contributed by atoms with Crippen molar-refractivity contribution >= 4 is 34.3 Å². The third-order valence-corrected chi connectivity index (χ3v) is 6.46. The second kappa shape index (κ2) is 4.84. The van der Waals surface area contributed by atoms with Crippen molar-refractivity contribution < 1.29 is 26.1 Å². The lowest BCUT2D eigenvalue weighted by Gasteiger charge is -2.23. The van der Waals surface area contributed by atoms with Gasteiger partial charge in [-0.1, -0.05) is 19.6 Å². The van der Waals surface area contributed by atoms with Gasteiger partial charge in [-0.05, 0) is 23.4 Å². The molecule has 1 N–H and O–H groups in total. The Balaban J connectivity index is 3.02. The van der Waals surface area contributed by atoms with Gasteiger partial charge in [-0.15, -0.1) is 0 Å². The lowest BCUT2D eigenvalue weighted by Crippen LogP contribution is -2.42. The van der Waals surface area contributed by atoms with Crippen LogP contribution in [0.15, 0.2) is 23.2 Å². The summed E-state index contributed by atoms with van der Waals surface area (Å²) in [7, 11) is -5.54. The van der Waals surface area contributed by atoms with E-state index in [-0.39, 0.29) is 10.6 Å². The highest BCUT2D eigenvalue weighted by Crippen LogP contribution is 2.33. The van der Waals surface area contributed by atoms with Crippen LogP contribution in [0.25, 0.3) is 10.9 Å². The van der Waals surface area contributed by atoms with E-state index in [9.17, 15) is 26.1 Å². The van der Waals surface area contributed by atoms with Crippen molar-refractivity contribution in [1.82, 2.24) is 4.57 Å². The molecule has 1 aromatic carbocycles. The van der Waals surface area contributed by atoms with Gasteiger partial charge in [-0.3, -0.25) is 4.55 Å². The first kappa shape index (κ1) is 17.0. The zero-order valence-electron chi connectivity index (χ0n) is 12.5. The molecule has 0 unspecified atom stereocenters. The number of benzene rings is 1. The number of hydrogen-bond donors (Lipinski definition) is 1. The van der Waals surface area contributed by atoms with Gasteiger partial charge in [0, 0.05) is 18.0 Å². The minimum atomic E-state index is -4.52. The second-order valence-corrected chi connectivity index (χ2v) is 12.6. The molecule has 0 aliphatic rings. The number of halogens is 3. The van der Waals surface area contributed by atoms with E-state index in [2.05, 4.69) is 0 Å². The van der Waals surface area contributed by atoms with E-state index in [1.54, 1.807) is 19.6 Å². The minimum Gasteiger partial charge on any atom is -0.333 e. The smallest absolute Gasteiger partial charge is 0.333 e. The summed E-state index contributed by atoms with van der Waals surface area (Å²) in [6, 6.07) is 3.33. The summed E-state index contributed by atoms with van der Waals surface area (Å²) in [5, 5.41) is -0.0477. The molecule has 1 aromatic heterocycles. The Hall–Kier alpha value is -1.32. The molecule has 4 nitrogen and oxygen atoms in total. The molecule has 0 saturated heterocycles. The first-order chi connectivity index (χ1) is 9.74. The van der Waals surface area contributed by atoms with Crippen molar-refractivity contribution in [3.8, 4) is 0 Å².